The number of hydrogen-bond donors (Lipinski definition) is 2. The van der Waals surface area contributed by atoms with Crippen molar-refractivity contribution < 1.29 is 19.1 Å². The quantitative estimate of drug-likeness (QED) is 0.614. The molecule has 4 N–H and O–H groups in total. The van der Waals surface area contributed by atoms with E-state index < -0.39 is 24.0 Å². The number of carbonyl (C=O) groups is 2. The molecule has 26 heavy (non-hydrogen) atoms. The Balaban J connectivity index is 2.50. The van der Waals surface area contributed by atoms with Crippen LogP contribution in [0.4, 0.5) is 0 Å². The van der Waals surface area contributed by atoms with Crippen molar-refractivity contribution in [2.75, 3.05) is 13.2 Å². The number of rotatable bonds is 10. The van der Waals surface area contributed by atoms with Crippen LogP contribution in [0.3, 0.4) is 0 Å². The summed E-state index contributed by atoms with van der Waals surface area (Å²) in [5, 5.41) is 0. The molecule has 1 aromatic carbocycles. The van der Waals surface area contributed by atoms with E-state index in [9.17, 15) is 9.59 Å². The molecule has 2 atom stereocenters. The third kappa shape index (κ3) is 8.45. The maximum absolute atomic E-state index is 11.8. The van der Waals surface area contributed by atoms with Crippen LogP contribution in [-0.4, -0.2) is 37.2 Å². The summed E-state index contributed by atoms with van der Waals surface area (Å²) < 4.78 is 10.3. The molecule has 0 fully saturated rings. The van der Waals surface area contributed by atoms with Crippen LogP contribution in [0.25, 0.3) is 0 Å². The molecule has 0 saturated heterocycles. The molecule has 1 aromatic rings. The van der Waals surface area contributed by atoms with Crippen molar-refractivity contribution >= 4 is 11.9 Å². The van der Waals surface area contributed by atoms with Crippen LogP contribution in [-0.2, 0) is 31.9 Å². The van der Waals surface area contributed by atoms with Crippen LogP contribution in [0, 0.1) is 11.8 Å². The lowest BCUT2D eigenvalue weighted by Crippen LogP contribution is -2.35. The van der Waals surface area contributed by atoms with Gasteiger partial charge in [-0.25, -0.2) is 0 Å². The average Bonchev–Trinajstić information content (AvgIpc) is 2.58. The van der Waals surface area contributed by atoms with E-state index in [1.807, 2.05) is 52.0 Å². The van der Waals surface area contributed by atoms with Gasteiger partial charge in [-0.15, -0.1) is 0 Å². The molecule has 0 bridgehead atoms. The molecular weight excluding hydrogens is 332 g/mol. The molecule has 6 heteroatoms. The second-order valence-corrected chi connectivity index (χ2v) is 7.49. The molecule has 146 valence electrons. The minimum Gasteiger partial charge on any atom is -0.464 e. The normalized spacial score (nSPS) is 13.5. The van der Waals surface area contributed by atoms with Gasteiger partial charge in [0.25, 0.3) is 0 Å². The summed E-state index contributed by atoms with van der Waals surface area (Å²) >= 11 is 0. The van der Waals surface area contributed by atoms with Gasteiger partial charge in [-0.3, -0.25) is 9.59 Å². The molecule has 0 radical (unpaired) electrons. The Labute approximate surface area is 156 Å². The molecule has 0 aromatic heterocycles. The summed E-state index contributed by atoms with van der Waals surface area (Å²) in [5.74, 6) is -0.223. The first-order chi connectivity index (χ1) is 12.2. The van der Waals surface area contributed by atoms with Crippen molar-refractivity contribution in [3.8, 4) is 0 Å². The van der Waals surface area contributed by atoms with Gasteiger partial charge in [0.1, 0.15) is 12.1 Å². The van der Waals surface area contributed by atoms with Gasteiger partial charge in [-0.05, 0) is 35.8 Å². The van der Waals surface area contributed by atoms with Crippen molar-refractivity contribution in [1.29, 1.82) is 0 Å². The predicted molar refractivity (Wildman–Crippen MR) is 101 cm³/mol. The smallest absolute Gasteiger partial charge is 0.323 e. The van der Waals surface area contributed by atoms with Gasteiger partial charge in [-0.1, -0.05) is 52.0 Å². The number of esters is 2. The first-order valence-corrected chi connectivity index (χ1v) is 9.11. The van der Waals surface area contributed by atoms with Crippen molar-refractivity contribution in [3.05, 3.63) is 35.4 Å². The Morgan fingerprint density at radius 2 is 1.08 bits per heavy atom. The summed E-state index contributed by atoms with van der Waals surface area (Å²) in [6.45, 7) is 8.63. The summed E-state index contributed by atoms with van der Waals surface area (Å²) in [6.07, 6.45) is 0.805. The van der Waals surface area contributed by atoms with Gasteiger partial charge in [0, 0.05) is 0 Å². The summed E-state index contributed by atoms with van der Waals surface area (Å²) in [6, 6.07) is 6.17. The van der Waals surface area contributed by atoms with E-state index in [0.29, 0.717) is 26.1 Å². The van der Waals surface area contributed by atoms with Crippen LogP contribution in [0.1, 0.15) is 38.8 Å². The van der Waals surface area contributed by atoms with Crippen molar-refractivity contribution in [2.24, 2.45) is 23.3 Å². The van der Waals surface area contributed by atoms with Crippen LogP contribution >= 0.6 is 0 Å². The highest BCUT2D eigenvalue weighted by Crippen LogP contribution is 2.10. The zero-order valence-corrected chi connectivity index (χ0v) is 16.2. The van der Waals surface area contributed by atoms with Crippen LogP contribution in [0.5, 0.6) is 0 Å². The standard InChI is InChI=1S/C20H32N2O4/c1-13(2)11-25-19(23)17(21)9-15-5-7-16(8-6-15)10-18(22)20(24)26-12-14(3)4/h5-8,13-14,17-18H,9-12,21-22H2,1-4H3. The Morgan fingerprint density at radius 3 is 1.35 bits per heavy atom. The molecule has 6 nitrogen and oxygen atoms in total. The van der Waals surface area contributed by atoms with Gasteiger partial charge in [-0.2, -0.15) is 0 Å². The Hall–Kier alpha value is -1.92. The minimum absolute atomic E-state index is 0.280. The summed E-state index contributed by atoms with van der Waals surface area (Å²) in [4.78, 5) is 23.7. The molecule has 0 heterocycles. The van der Waals surface area contributed by atoms with E-state index >= 15 is 0 Å². The van der Waals surface area contributed by atoms with E-state index in [0.717, 1.165) is 11.1 Å². The molecule has 2 unspecified atom stereocenters. The molecule has 0 amide bonds. The fourth-order valence-corrected chi connectivity index (χ4v) is 2.20. The number of ether oxygens (including phenoxy) is 2. The lowest BCUT2D eigenvalue weighted by atomic mass is 10.0. The lowest BCUT2D eigenvalue weighted by molar-refractivity contribution is -0.147. The number of carbonyl (C=O) groups excluding carboxylic acids is 2. The Morgan fingerprint density at radius 1 is 0.769 bits per heavy atom. The monoisotopic (exact) mass is 364 g/mol. The first-order valence-electron chi connectivity index (χ1n) is 9.11. The van der Waals surface area contributed by atoms with Crippen LogP contribution in [0.15, 0.2) is 24.3 Å². The van der Waals surface area contributed by atoms with Crippen molar-refractivity contribution in [2.45, 2.75) is 52.6 Å². The maximum atomic E-state index is 11.8. The number of hydrogen-bond acceptors (Lipinski definition) is 6. The first kappa shape index (κ1) is 22.1. The van der Waals surface area contributed by atoms with Gasteiger partial charge in [0.05, 0.1) is 13.2 Å². The molecule has 0 aliphatic heterocycles. The van der Waals surface area contributed by atoms with Crippen LogP contribution in [0.2, 0.25) is 0 Å². The van der Waals surface area contributed by atoms with Gasteiger partial charge >= 0.3 is 11.9 Å². The fourth-order valence-electron chi connectivity index (χ4n) is 2.20. The molecule has 0 spiro atoms. The molecule has 0 saturated carbocycles. The molecular formula is C20H32N2O4. The fraction of sp³-hybridized carbons (Fsp3) is 0.600. The van der Waals surface area contributed by atoms with Crippen molar-refractivity contribution in [1.82, 2.24) is 0 Å². The second kappa shape index (κ2) is 10.9. The van der Waals surface area contributed by atoms with E-state index in [1.165, 1.54) is 0 Å². The summed E-state index contributed by atoms with van der Waals surface area (Å²) in [5.41, 5.74) is 13.7. The largest absolute Gasteiger partial charge is 0.464 e. The predicted octanol–water partition coefficient (Wildman–Crippen LogP) is 1.82. The molecule has 0 aliphatic rings. The van der Waals surface area contributed by atoms with Crippen molar-refractivity contribution in [3.63, 3.8) is 0 Å². The second-order valence-electron chi connectivity index (χ2n) is 7.49. The van der Waals surface area contributed by atoms with Gasteiger partial charge < -0.3 is 20.9 Å². The van der Waals surface area contributed by atoms with Gasteiger partial charge in [0.2, 0.25) is 0 Å². The van der Waals surface area contributed by atoms with E-state index in [1.54, 1.807) is 0 Å². The van der Waals surface area contributed by atoms with Crippen LogP contribution < -0.4 is 11.5 Å². The number of nitrogens with two attached hydrogens (primary N) is 2. The highest BCUT2D eigenvalue weighted by molar-refractivity contribution is 5.76. The highest BCUT2D eigenvalue weighted by Gasteiger charge is 2.18. The van der Waals surface area contributed by atoms with E-state index in [-0.39, 0.29) is 11.8 Å². The molecule has 1 rings (SSSR count). The maximum Gasteiger partial charge on any atom is 0.323 e. The average molecular weight is 364 g/mol. The third-order valence-electron chi connectivity index (χ3n) is 3.66. The minimum atomic E-state index is -0.687. The number of benzene rings is 1. The topological polar surface area (TPSA) is 105 Å². The van der Waals surface area contributed by atoms with E-state index in [4.69, 9.17) is 20.9 Å². The van der Waals surface area contributed by atoms with Gasteiger partial charge in [0.15, 0.2) is 0 Å². The Bertz CT molecular complexity index is 519. The zero-order chi connectivity index (χ0) is 19.7. The molecule has 0 aliphatic carbocycles. The highest BCUT2D eigenvalue weighted by atomic mass is 16.5. The Kier molecular flexibility index (Phi) is 9.30. The SMILES string of the molecule is CC(C)COC(=O)C(N)Cc1ccc(CC(N)C(=O)OCC(C)C)cc1. The lowest BCUT2D eigenvalue weighted by Gasteiger charge is -2.14. The zero-order valence-electron chi connectivity index (χ0n) is 16.2. The third-order valence-corrected chi connectivity index (χ3v) is 3.66. The van der Waals surface area contributed by atoms with E-state index in [2.05, 4.69) is 0 Å². The summed E-state index contributed by atoms with van der Waals surface area (Å²) in [7, 11) is 0.